The van der Waals surface area contributed by atoms with Crippen LogP contribution in [0.2, 0.25) is 5.02 Å². The van der Waals surface area contributed by atoms with E-state index < -0.39 is 21.9 Å². The topological polar surface area (TPSA) is 92.8 Å². The Bertz CT molecular complexity index is 942. The van der Waals surface area contributed by atoms with Crippen molar-refractivity contribution in [2.75, 3.05) is 30.0 Å². The number of halogens is 1. The third-order valence-electron chi connectivity index (χ3n) is 3.63. The van der Waals surface area contributed by atoms with Crippen LogP contribution in [0.3, 0.4) is 0 Å². The summed E-state index contributed by atoms with van der Waals surface area (Å²) >= 11 is 6.05. The van der Waals surface area contributed by atoms with Gasteiger partial charge >= 0.3 is 5.97 Å². The Morgan fingerprint density at radius 1 is 1.08 bits per heavy atom. The molecule has 0 radical (unpaired) electrons. The van der Waals surface area contributed by atoms with Crippen molar-refractivity contribution in [3.63, 3.8) is 0 Å². The van der Waals surface area contributed by atoms with Crippen LogP contribution in [-0.4, -0.2) is 40.7 Å². The van der Waals surface area contributed by atoms with Crippen molar-refractivity contribution in [3.05, 3.63) is 58.6 Å². The fourth-order valence-electron chi connectivity index (χ4n) is 2.07. The van der Waals surface area contributed by atoms with Gasteiger partial charge in [0.2, 0.25) is 10.0 Å². The molecule has 2 aromatic rings. The molecule has 9 heteroatoms. The second-order valence-corrected chi connectivity index (χ2v) is 7.84. The van der Waals surface area contributed by atoms with Gasteiger partial charge in [0.15, 0.2) is 0 Å². The minimum absolute atomic E-state index is 0.248. The van der Waals surface area contributed by atoms with Crippen LogP contribution in [0.15, 0.2) is 42.5 Å². The largest absolute Gasteiger partial charge is 0.465 e. The maximum atomic E-state index is 12.4. The SMILES string of the molecule is COC(=O)c1ccc(Cl)c(NC(=O)c2ccc(N(C)S(C)(=O)=O)cc2)c1. The summed E-state index contributed by atoms with van der Waals surface area (Å²) in [6, 6.07) is 10.4. The first-order valence-corrected chi connectivity index (χ1v) is 9.59. The summed E-state index contributed by atoms with van der Waals surface area (Å²) in [5.74, 6) is -1.01. The van der Waals surface area contributed by atoms with E-state index in [1.54, 1.807) is 0 Å². The van der Waals surface area contributed by atoms with Crippen molar-refractivity contribution < 1.29 is 22.7 Å². The lowest BCUT2D eigenvalue weighted by molar-refractivity contribution is 0.0600. The number of rotatable bonds is 5. The number of amides is 1. The summed E-state index contributed by atoms with van der Waals surface area (Å²) < 4.78 is 28.8. The first-order valence-electron chi connectivity index (χ1n) is 7.36. The molecule has 1 N–H and O–H groups in total. The van der Waals surface area contributed by atoms with Gasteiger partial charge in [-0.05, 0) is 42.5 Å². The molecule has 0 saturated carbocycles. The lowest BCUT2D eigenvalue weighted by atomic mass is 10.1. The maximum absolute atomic E-state index is 12.4. The average Bonchev–Trinajstić information content (AvgIpc) is 2.61. The number of ether oxygens (including phenoxy) is 1. The molecule has 2 aromatic carbocycles. The van der Waals surface area contributed by atoms with Gasteiger partial charge in [-0.2, -0.15) is 0 Å². The molecule has 0 fully saturated rings. The summed E-state index contributed by atoms with van der Waals surface area (Å²) in [5, 5.41) is 2.88. The molecule has 1 amide bonds. The molecule has 0 aromatic heterocycles. The van der Waals surface area contributed by atoms with Crippen LogP contribution in [0.4, 0.5) is 11.4 Å². The molecule has 7 nitrogen and oxygen atoms in total. The van der Waals surface area contributed by atoms with Gasteiger partial charge in [-0.25, -0.2) is 13.2 Å². The Kier molecular flexibility index (Phi) is 5.89. The molecule has 0 saturated heterocycles. The molecule has 26 heavy (non-hydrogen) atoms. The maximum Gasteiger partial charge on any atom is 0.337 e. The predicted molar refractivity (Wildman–Crippen MR) is 100 cm³/mol. The second-order valence-electron chi connectivity index (χ2n) is 5.42. The molecular formula is C17H17ClN2O5S. The molecule has 0 aliphatic heterocycles. The van der Waals surface area contributed by atoms with Crippen LogP contribution >= 0.6 is 11.6 Å². The molecule has 2 rings (SSSR count). The van der Waals surface area contributed by atoms with Gasteiger partial charge < -0.3 is 10.1 Å². The highest BCUT2D eigenvalue weighted by molar-refractivity contribution is 7.92. The Hall–Kier alpha value is -2.58. The highest BCUT2D eigenvalue weighted by Crippen LogP contribution is 2.24. The van der Waals surface area contributed by atoms with Crippen molar-refractivity contribution in [3.8, 4) is 0 Å². The molecule has 0 spiro atoms. The highest BCUT2D eigenvalue weighted by Gasteiger charge is 2.15. The molecule has 0 aliphatic rings. The van der Waals surface area contributed by atoms with Crippen LogP contribution < -0.4 is 9.62 Å². The van der Waals surface area contributed by atoms with Crippen molar-refractivity contribution >= 4 is 44.9 Å². The molecule has 0 atom stereocenters. The third kappa shape index (κ3) is 4.53. The van der Waals surface area contributed by atoms with Crippen LogP contribution in [0.25, 0.3) is 0 Å². The fraction of sp³-hybridized carbons (Fsp3) is 0.176. The number of carbonyl (C=O) groups excluding carboxylic acids is 2. The van der Waals surface area contributed by atoms with Gasteiger partial charge in [-0.1, -0.05) is 11.6 Å². The zero-order valence-corrected chi connectivity index (χ0v) is 15.9. The van der Waals surface area contributed by atoms with E-state index in [2.05, 4.69) is 10.1 Å². The van der Waals surface area contributed by atoms with E-state index in [1.807, 2.05) is 0 Å². The number of methoxy groups -OCH3 is 1. The molecule has 138 valence electrons. The van der Waals surface area contributed by atoms with Crippen molar-refractivity contribution in [1.29, 1.82) is 0 Å². The summed E-state index contributed by atoms with van der Waals surface area (Å²) in [5.41, 5.74) is 1.24. The quantitative estimate of drug-likeness (QED) is 0.784. The van der Waals surface area contributed by atoms with Gasteiger partial charge in [-0.3, -0.25) is 9.10 Å². The number of hydrogen-bond donors (Lipinski definition) is 1. The Morgan fingerprint density at radius 3 is 2.19 bits per heavy atom. The summed E-state index contributed by atoms with van der Waals surface area (Å²) in [6.07, 6.45) is 1.09. The second kappa shape index (κ2) is 7.76. The zero-order chi connectivity index (χ0) is 19.5. The van der Waals surface area contributed by atoms with E-state index in [9.17, 15) is 18.0 Å². The number of nitrogens with one attached hydrogen (secondary N) is 1. The average molecular weight is 397 g/mol. The van der Waals surface area contributed by atoms with Gasteiger partial charge in [-0.15, -0.1) is 0 Å². The lowest BCUT2D eigenvalue weighted by Gasteiger charge is -2.16. The fourth-order valence-corrected chi connectivity index (χ4v) is 2.74. The third-order valence-corrected chi connectivity index (χ3v) is 5.16. The van der Waals surface area contributed by atoms with Gasteiger partial charge in [0.25, 0.3) is 5.91 Å². The van der Waals surface area contributed by atoms with E-state index in [0.29, 0.717) is 11.3 Å². The number of nitrogens with zero attached hydrogens (tertiary/aromatic N) is 1. The summed E-state index contributed by atoms with van der Waals surface area (Å²) in [7, 11) is -0.714. The zero-order valence-electron chi connectivity index (χ0n) is 14.3. The monoisotopic (exact) mass is 396 g/mol. The number of anilines is 2. The molecule has 0 unspecified atom stereocenters. The molecule has 0 bridgehead atoms. The Labute approximate surface area is 156 Å². The van der Waals surface area contributed by atoms with Gasteiger partial charge in [0.05, 0.1) is 35.3 Å². The van der Waals surface area contributed by atoms with E-state index in [4.69, 9.17) is 11.6 Å². The Balaban J connectivity index is 2.22. The van der Waals surface area contributed by atoms with Gasteiger partial charge in [0.1, 0.15) is 0 Å². The number of benzene rings is 2. The van der Waals surface area contributed by atoms with Crippen LogP contribution in [0, 0.1) is 0 Å². The number of carbonyl (C=O) groups is 2. The summed E-state index contributed by atoms with van der Waals surface area (Å²) in [6.45, 7) is 0. The Morgan fingerprint density at radius 2 is 1.65 bits per heavy atom. The summed E-state index contributed by atoms with van der Waals surface area (Å²) in [4.78, 5) is 24.0. The normalized spacial score (nSPS) is 10.9. The van der Waals surface area contributed by atoms with Crippen molar-refractivity contribution in [2.45, 2.75) is 0 Å². The lowest BCUT2D eigenvalue weighted by Crippen LogP contribution is -2.24. The van der Waals surface area contributed by atoms with E-state index >= 15 is 0 Å². The van der Waals surface area contributed by atoms with Gasteiger partial charge in [0, 0.05) is 12.6 Å². The standard InChI is InChI=1S/C17H17ClN2O5S/c1-20(26(3,23)24)13-7-4-11(5-8-13)16(21)19-15-10-12(17(22)25-2)6-9-14(15)18/h4-10H,1-3H3,(H,19,21). The van der Waals surface area contributed by atoms with Crippen LogP contribution in [-0.2, 0) is 14.8 Å². The minimum atomic E-state index is -3.39. The highest BCUT2D eigenvalue weighted by atomic mass is 35.5. The molecular weight excluding hydrogens is 380 g/mol. The van der Waals surface area contributed by atoms with E-state index in [-0.39, 0.29) is 16.3 Å². The van der Waals surface area contributed by atoms with E-state index in [1.165, 1.54) is 56.6 Å². The first kappa shape index (κ1) is 19.7. The van der Waals surface area contributed by atoms with Crippen molar-refractivity contribution in [1.82, 2.24) is 0 Å². The number of hydrogen-bond acceptors (Lipinski definition) is 5. The molecule has 0 heterocycles. The minimum Gasteiger partial charge on any atom is -0.465 e. The molecule has 0 aliphatic carbocycles. The van der Waals surface area contributed by atoms with Crippen LogP contribution in [0.5, 0.6) is 0 Å². The van der Waals surface area contributed by atoms with Crippen molar-refractivity contribution in [2.24, 2.45) is 0 Å². The number of esters is 1. The smallest absolute Gasteiger partial charge is 0.337 e. The number of sulfonamides is 1. The van der Waals surface area contributed by atoms with Crippen LogP contribution in [0.1, 0.15) is 20.7 Å². The first-order chi connectivity index (χ1) is 12.1. The van der Waals surface area contributed by atoms with E-state index in [0.717, 1.165) is 10.6 Å². The predicted octanol–water partition coefficient (Wildman–Crippen LogP) is 2.77.